The van der Waals surface area contributed by atoms with E-state index in [-0.39, 0.29) is 4.90 Å². The maximum atomic E-state index is 11.6. The van der Waals surface area contributed by atoms with Crippen molar-refractivity contribution in [3.05, 3.63) is 42.5 Å². The number of hydrogen-bond acceptors (Lipinski definition) is 6. The third kappa shape index (κ3) is 5.43. The van der Waals surface area contributed by atoms with Crippen LogP contribution in [-0.4, -0.2) is 36.9 Å². The largest absolute Gasteiger partial charge is 0.494 e. The van der Waals surface area contributed by atoms with Gasteiger partial charge in [-0.05, 0) is 55.8 Å². The van der Waals surface area contributed by atoms with Crippen molar-refractivity contribution in [1.29, 1.82) is 0 Å². The molecule has 156 valence electrons. The van der Waals surface area contributed by atoms with Gasteiger partial charge >= 0.3 is 0 Å². The Morgan fingerprint density at radius 1 is 1.07 bits per heavy atom. The molecule has 29 heavy (non-hydrogen) atoms. The van der Waals surface area contributed by atoms with Gasteiger partial charge in [-0.15, -0.1) is 0 Å². The summed E-state index contributed by atoms with van der Waals surface area (Å²) in [7, 11) is -3.75. The van der Waals surface area contributed by atoms with E-state index in [1.807, 2.05) is 31.2 Å². The number of primary sulfonamides is 1. The zero-order chi connectivity index (χ0) is 20.9. The van der Waals surface area contributed by atoms with Gasteiger partial charge in [-0.2, -0.15) is 0 Å². The predicted octanol–water partition coefficient (Wildman–Crippen LogP) is 3.66. The molecular weight excluding hydrogens is 410 g/mol. The Labute approximate surface area is 175 Å². The Morgan fingerprint density at radius 2 is 1.76 bits per heavy atom. The Morgan fingerprint density at radius 3 is 2.38 bits per heavy atom. The van der Waals surface area contributed by atoms with Crippen molar-refractivity contribution in [2.45, 2.75) is 36.9 Å². The van der Waals surface area contributed by atoms with Gasteiger partial charge in [0.05, 0.1) is 29.1 Å². The summed E-state index contributed by atoms with van der Waals surface area (Å²) in [5.41, 5.74) is 1.52. The molecule has 0 saturated carbocycles. The van der Waals surface area contributed by atoms with Crippen LogP contribution >= 0.6 is 11.8 Å². The molecular formula is C20H25N3O4S2. The van der Waals surface area contributed by atoms with Crippen LogP contribution in [0, 0.1) is 0 Å². The van der Waals surface area contributed by atoms with E-state index in [0.29, 0.717) is 24.5 Å². The van der Waals surface area contributed by atoms with Gasteiger partial charge in [0.25, 0.3) is 0 Å². The number of hydrogen-bond donors (Lipinski definition) is 1. The molecule has 9 heteroatoms. The maximum Gasteiger partial charge on any atom is 0.238 e. The van der Waals surface area contributed by atoms with E-state index in [0.717, 1.165) is 35.1 Å². The highest BCUT2D eigenvalue weighted by Gasteiger charge is 2.15. The molecule has 2 aromatic carbocycles. The molecule has 7 nitrogen and oxygen atoms in total. The van der Waals surface area contributed by atoms with Crippen LogP contribution in [0.5, 0.6) is 11.5 Å². The van der Waals surface area contributed by atoms with Crippen LogP contribution in [-0.2, 0) is 16.6 Å². The maximum absolute atomic E-state index is 11.6. The number of thioether (sulfide) groups is 1. The van der Waals surface area contributed by atoms with Crippen molar-refractivity contribution in [1.82, 2.24) is 9.55 Å². The first-order valence-electron chi connectivity index (χ1n) is 9.44. The molecule has 0 atom stereocenters. The van der Waals surface area contributed by atoms with Crippen LogP contribution in [0.1, 0.15) is 20.3 Å². The van der Waals surface area contributed by atoms with Crippen molar-refractivity contribution in [3.8, 4) is 11.5 Å². The van der Waals surface area contributed by atoms with E-state index in [2.05, 4.69) is 16.5 Å². The number of benzene rings is 2. The van der Waals surface area contributed by atoms with Crippen LogP contribution in [0.3, 0.4) is 0 Å². The zero-order valence-corrected chi connectivity index (χ0v) is 18.1. The van der Waals surface area contributed by atoms with Crippen LogP contribution < -0.4 is 14.6 Å². The Bertz CT molecular complexity index is 1060. The van der Waals surface area contributed by atoms with Crippen molar-refractivity contribution in [2.24, 2.45) is 5.14 Å². The van der Waals surface area contributed by atoms with E-state index >= 15 is 0 Å². The van der Waals surface area contributed by atoms with Gasteiger partial charge in [-0.25, -0.2) is 18.5 Å². The van der Waals surface area contributed by atoms with Crippen molar-refractivity contribution >= 4 is 32.8 Å². The molecule has 1 heterocycles. The molecule has 0 aliphatic rings. The first kappa shape index (κ1) is 21.5. The van der Waals surface area contributed by atoms with Crippen molar-refractivity contribution in [3.63, 3.8) is 0 Å². The molecule has 3 rings (SSSR count). The number of rotatable bonds is 10. The summed E-state index contributed by atoms with van der Waals surface area (Å²) in [5, 5.41) is 6.08. The summed E-state index contributed by atoms with van der Waals surface area (Å²) < 4.78 is 36.5. The SMILES string of the molecule is CCCn1c(SCCOc2ccc(OCC)cc2)nc2cc(S(N)(=O)=O)ccc21. The minimum Gasteiger partial charge on any atom is -0.494 e. The minimum absolute atomic E-state index is 0.0709. The number of nitrogens with two attached hydrogens (primary N) is 1. The molecule has 0 amide bonds. The second-order valence-electron chi connectivity index (χ2n) is 6.34. The molecule has 0 radical (unpaired) electrons. The fraction of sp³-hybridized carbons (Fsp3) is 0.350. The highest BCUT2D eigenvalue weighted by atomic mass is 32.2. The number of nitrogens with zero attached hydrogens (tertiary/aromatic N) is 2. The lowest BCUT2D eigenvalue weighted by Crippen LogP contribution is -2.11. The highest BCUT2D eigenvalue weighted by Crippen LogP contribution is 2.26. The van der Waals surface area contributed by atoms with Crippen molar-refractivity contribution in [2.75, 3.05) is 19.0 Å². The van der Waals surface area contributed by atoms with Gasteiger partial charge in [0.1, 0.15) is 11.5 Å². The number of ether oxygens (including phenoxy) is 2. The van der Waals surface area contributed by atoms with Gasteiger partial charge in [0.15, 0.2) is 5.16 Å². The van der Waals surface area contributed by atoms with E-state index in [1.165, 1.54) is 12.1 Å². The summed E-state index contributed by atoms with van der Waals surface area (Å²) in [6, 6.07) is 12.4. The van der Waals surface area contributed by atoms with Crippen LogP contribution in [0.2, 0.25) is 0 Å². The molecule has 0 saturated heterocycles. The van der Waals surface area contributed by atoms with E-state index < -0.39 is 10.0 Å². The highest BCUT2D eigenvalue weighted by molar-refractivity contribution is 7.99. The smallest absolute Gasteiger partial charge is 0.238 e. The topological polar surface area (TPSA) is 96.4 Å². The lowest BCUT2D eigenvalue weighted by atomic mass is 10.3. The van der Waals surface area contributed by atoms with E-state index in [1.54, 1.807) is 17.8 Å². The summed E-state index contributed by atoms with van der Waals surface area (Å²) in [4.78, 5) is 4.69. The molecule has 0 fully saturated rings. The van der Waals surface area contributed by atoms with Crippen LogP contribution in [0.25, 0.3) is 11.0 Å². The fourth-order valence-electron chi connectivity index (χ4n) is 2.91. The number of aryl methyl sites for hydroxylation is 1. The first-order valence-corrected chi connectivity index (χ1v) is 12.0. The Hall–Kier alpha value is -2.23. The van der Waals surface area contributed by atoms with Gasteiger partial charge < -0.3 is 14.0 Å². The summed E-state index contributed by atoms with van der Waals surface area (Å²) in [6.45, 7) is 6.00. The third-order valence-electron chi connectivity index (χ3n) is 4.18. The number of imidazole rings is 1. The second kappa shape index (κ2) is 9.51. The number of sulfonamides is 1. The quantitative estimate of drug-likeness (QED) is 0.386. The lowest BCUT2D eigenvalue weighted by molar-refractivity contribution is 0.332. The standard InChI is InChI=1S/C20H25N3O4S2/c1-3-11-23-19-10-9-17(29(21,24)25)14-18(19)22-20(23)28-13-12-27-16-7-5-15(6-8-16)26-4-2/h5-10,14H,3-4,11-13H2,1-2H3,(H2,21,24,25). The van der Waals surface area contributed by atoms with Crippen molar-refractivity contribution < 1.29 is 17.9 Å². The Kier molecular flexibility index (Phi) is 7.05. The molecule has 0 unspecified atom stereocenters. The average molecular weight is 436 g/mol. The fourth-order valence-corrected chi connectivity index (χ4v) is 4.30. The Balaban J connectivity index is 1.67. The van der Waals surface area contributed by atoms with Gasteiger partial charge in [0, 0.05) is 12.3 Å². The molecule has 0 aliphatic carbocycles. The zero-order valence-electron chi connectivity index (χ0n) is 16.5. The minimum atomic E-state index is -3.75. The summed E-state index contributed by atoms with van der Waals surface area (Å²) >= 11 is 1.58. The van der Waals surface area contributed by atoms with Gasteiger partial charge in [-0.3, -0.25) is 0 Å². The van der Waals surface area contributed by atoms with Gasteiger partial charge in [-0.1, -0.05) is 18.7 Å². The molecule has 3 aromatic rings. The second-order valence-corrected chi connectivity index (χ2v) is 8.97. The average Bonchev–Trinajstić information content (AvgIpc) is 3.03. The lowest BCUT2D eigenvalue weighted by Gasteiger charge is -2.09. The molecule has 0 bridgehead atoms. The molecule has 1 aromatic heterocycles. The van der Waals surface area contributed by atoms with E-state index in [9.17, 15) is 8.42 Å². The normalized spacial score (nSPS) is 11.7. The summed E-state index contributed by atoms with van der Waals surface area (Å²) in [5.74, 6) is 2.32. The van der Waals surface area contributed by atoms with Gasteiger partial charge in [0.2, 0.25) is 10.0 Å². The number of fused-ring (bicyclic) bond motifs is 1. The molecule has 0 spiro atoms. The van der Waals surface area contributed by atoms with Crippen LogP contribution in [0.15, 0.2) is 52.5 Å². The first-order chi connectivity index (χ1) is 13.9. The molecule has 2 N–H and O–H groups in total. The van der Waals surface area contributed by atoms with Crippen LogP contribution in [0.4, 0.5) is 0 Å². The monoisotopic (exact) mass is 435 g/mol. The van der Waals surface area contributed by atoms with E-state index in [4.69, 9.17) is 14.6 Å². The molecule has 0 aliphatic heterocycles. The predicted molar refractivity (Wildman–Crippen MR) is 115 cm³/mol. The number of aromatic nitrogens is 2. The summed E-state index contributed by atoms with van der Waals surface area (Å²) in [6.07, 6.45) is 0.943. The third-order valence-corrected chi connectivity index (χ3v) is 6.03.